The number of nitrogens with one attached hydrogen (secondary N) is 1. The van der Waals surface area contributed by atoms with E-state index < -0.39 is 11.4 Å². The molecule has 0 aliphatic rings. The quantitative estimate of drug-likeness (QED) is 0.696. The third-order valence-corrected chi connectivity index (χ3v) is 2.61. The number of fused-ring (bicyclic) bond motifs is 1. The zero-order valence-corrected chi connectivity index (χ0v) is 10.1. The van der Waals surface area contributed by atoms with Crippen LogP contribution in [0.15, 0.2) is 29.2 Å². The van der Waals surface area contributed by atoms with Gasteiger partial charge in [-0.2, -0.15) is 0 Å². The third-order valence-electron chi connectivity index (χ3n) is 2.61. The van der Waals surface area contributed by atoms with Crippen molar-refractivity contribution < 1.29 is 9.90 Å². The number of nitrogens with two attached hydrogens (primary N) is 1. The standard InChI is InChI=1S/C14H12N2O3/c15-6-2-1-3-9-4-5-12-10(7-9)13(17)11(8-16-12)14(18)19/h4-5,7-8H,2,6,15H2,(H,16,17)(H,18,19). The molecule has 0 saturated carbocycles. The fraction of sp³-hybridized carbons (Fsp3) is 0.143. The summed E-state index contributed by atoms with van der Waals surface area (Å²) in [5, 5.41) is 9.22. The molecule has 1 heterocycles. The molecule has 0 radical (unpaired) electrons. The van der Waals surface area contributed by atoms with E-state index in [4.69, 9.17) is 10.8 Å². The maximum atomic E-state index is 12.0. The van der Waals surface area contributed by atoms with Gasteiger partial charge in [-0.3, -0.25) is 4.79 Å². The molecular formula is C14H12N2O3. The molecule has 1 aromatic heterocycles. The number of H-pyrrole nitrogens is 1. The molecular weight excluding hydrogens is 244 g/mol. The molecule has 0 spiro atoms. The fourth-order valence-electron chi connectivity index (χ4n) is 1.69. The molecule has 0 aliphatic heterocycles. The minimum absolute atomic E-state index is 0.278. The van der Waals surface area contributed by atoms with E-state index >= 15 is 0 Å². The molecule has 2 aromatic rings. The van der Waals surface area contributed by atoms with Crippen molar-refractivity contribution in [1.29, 1.82) is 0 Å². The Morgan fingerprint density at radius 3 is 2.89 bits per heavy atom. The molecule has 0 fully saturated rings. The number of pyridine rings is 1. The molecule has 0 unspecified atom stereocenters. The monoisotopic (exact) mass is 256 g/mol. The van der Waals surface area contributed by atoms with Crippen LogP contribution in [-0.4, -0.2) is 22.6 Å². The van der Waals surface area contributed by atoms with Crippen LogP contribution in [0.4, 0.5) is 0 Å². The third kappa shape index (κ3) is 2.64. The van der Waals surface area contributed by atoms with Crippen LogP contribution in [0.1, 0.15) is 22.3 Å². The number of hydrogen-bond acceptors (Lipinski definition) is 3. The average molecular weight is 256 g/mol. The van der Waals surface area contributed by atoms with Crippen LogP contribution in [0.5, 0.6) is 0 Å². The van der Waals surface area contributed by atoms with Gasteiger partial charge in [0.05, 0.1) is 0 Å². The van der Waals surface area contributed by atoms with Crippen molar-refractivity contribution in [2.45, 2.75) is 6.42 Å². The molecule has 5 nitrogen and oxygen atoms in total. The van der Waals surface area contributed by atoms with Crippen molar-refractivity contribution in [2.75, 3.05) is 6.54 Å². The van der Waals surface area contributed by atoms with Crippen molar-refractivity contribution in [3.8, 4) is 11.8 Å². The van der Waals surface area contributed by atoms with Gasteiger partial charge in [0.1, 0.15) is 5.56 Å². The summed E-state index contributed by atoms with van der Waals surface area (Å²) in [6.07, 6.45) is 1.77. The topological polar surface area (TPSA) is 96.2 Å². The maximum Gasteiger partial charge on any atom is 0.341 e. The highest BCUT2D eigenvalue weighted by Crippen LogP contribution is 2.10. The maximum absolute atomic E-state index is 12.0. The molecule has 2 rings (SSSR count). The number of aromatic amines is 1. The van der Waals surface area contributed by atoms with E-state index in [-0.39, 0.29) is 5.56 Å². The summed E-state index contributed by atoms with van der Waals surface area (Å²) in [4.78, 5) is 25.7. The second-order valence-corrected chi connectivity index (χ2v) is 3.94. The molecule has 0 amide bonds. The highest BCUT2D eigenvalue weighted by molar-refractivity contribution is 5.92. The molecule has 19 heavy (non-hydrogen) atoms. The number of carboxylic acids is 1. The molecule has 5 heteroatoms. The molecule has 4 N–H and O–H groups in total. The highest BCUT2D eigenvalue weighted by atomic mass is 16.4. The fourth-order valence-corrected chi connectivity index (χ4v) is 1.69. The Bertz CT molecular complexity index is 751. The zero-order valence-electron chi connectivity index (χ0n) is 10.1. The Hall–Kier alpha value is -2.58. The average Bonchev–Trinajstić information content (AvgIpc) is 2.39. The van der Waals surface area contributed by atoms with Crippen LogP contribution in [-0.2, 0) is 0 Å². The molecule has 0 bridgehead atoms. The Balaban J connectivity index is 2.58. The second kappa shape index (κ2) is 5.38. The number of aromatic nitrogens is 1. The Morgan fingerprint density at radius 2 is 2.21 bits per heavy atom. The van der Waals surface area contributed by atoms with Gasteiger partial charge in [-0.05, 0) is 18.2 Å². The van der Waals surface area contributed by atoms with Gasteiger partial charge in [-0.15, -0.1) is 0 Å². The summed E-state index contributed by atoms with van der Waals surface area (Å²) in [6, 6.07) is 5.06. The number of carboxylic acid groups (broad SMARTS) is 1. The Morgan fingerprint density at radius 1 is 1.42 bits per heavy atom. The van der Waals surface area contributed by atoms with Crippen LogP contribution in [0, 0.1) is 11.8 Å². The van der Waals surface area contributed by atoms with Crippen molar-refractivity contribution in [1.82, 2.24) is 4.98 Å². The van der Waals surface area contributed by atoms with Gasteiger partial charge in [-0.25, -0.2) is 4.79 Å². The summed E-state index contributed by atoms with van der Waals surface area (Å²) >= 11 is 0. The predicted octanol–water partition coefficient (Wildman–Crippen LogP) is 0.927. The molecule has 0 aliphatic carbocycles. The number of hydrogen-bond donors (Lipinski definition) is 3. The van der Waals surface area contributed by atoms with Crippen molar-refractivity contribution in [2.24, 2.45) is 5.73 Å². The first kappa shape index (κ1) is 12.9. The van der Waals surface area contributed by atoms with Gasteiger partial charge < -0.3 is 15.8 Å². The lowest BCUT2D eigenvalue weighted by Gasteiger charge is -2.00. The minimum Gasteiger partial charge on any atom is -0.477 e. The van der Waals surface area contributed by atoms with Crippen molar-refractivity contribution in [3.05, 3.63) is 45.7 Å². The van der Waals surface area contributed by atoms with Gasteiger partial charge in [0.2, 0.25) is 5.43 Å². The van der Waals surface area contributed by atoms with Crippen LogP contribution >= 0.6 is 0 Å². The van der Waals surface area contributed by atoms with Gasteiger partial charge in [-0.1, -0.05) is 11.8 Å². The summed E-state index contributed by atoms with van der Waals surface area (Å²) in [5.74, 6) is 4.51. The van der Waals surface area contributed by atoms with Gasteiger partial charge in [0.15, 0.2) is 0 Å². The van der Waals surface area contributed by atoms with E-state index in [1.807, 2.05) is 0 Å². The van der Waals surface area contributed by atoms with E-state index in [0.717, 1.165) is 0 Å². The lowest BCUT2D eigenvalue weighted by atomic mass is 10.1. The van der Waals surface area contributed by atoms with Crippen LogP contribution < -0.4 is 11.2 Å². The SMILES string of the molecule is NCCC#Cc1ccc2[nH]cc(C(=O)O)c(=O)c2c1. The second-order valence-electron chi connectivity index (χ2n) is 3.94. The summed E-state index contributed by atoms with van der Waals surface area (Å²) in [6.45, 7) is 0.477. The normalized spacial score (nSPS) is 9.95. The van der Waals surface area contributed by atoms with E-state index in [0.29, 0.717) is 29.4 Å². The van der Waals surface area contributed by atoms with E-state index in [2.05, 4.69) is 16.8 Å². The number of carbonyl (C=O) groups is 1. The summed E-state index contributed by atoms with van der Waals surface area (Å²) < 4.78 is 0. The van der Waals surface area contributed by atoms with E-state index in [9.17, 15) is 9.59 Å². The summed E-state index contributed by atoms with van der Waals surface area (Å²) in [5.41, 5.74) is 5.79. The van der Waals surface area contributed by atoms with Crippen LogP contribution in [0.25, 0.3) is 10.9 Å². The molecule has 0 atom stereocenters. The highest BCUT2D eigenvalue weighted by Gasteiger charge is 2.11. The molecule has 1 aromatic carbocycles. The largest absolute Gasteiger partial charge is 0.477 e. The predicted molar refractivity (Wildman–Crippen MR) is 72.1 cm³/mol. The van der Waals surface area contributed by atoms with E-state index in [1.54, 1.807) is 18.2 Å². The lowest BCUT2D eigenvalue weighted by molar-refractivity contribution is 0.0695. The van der Waals surface area contributed by atoms with Gasteiger partial charge >= 0.3 is 5.97 Å². The first-order valence-electron chi connectivity index (χ1n) is 5.71. The van der Waals surface area contributed by atoms with Crippen LogP contribution in [0.2, 0.25) is 0 Å². The van der Waals surface area contributed by atoms with Crippen molar-refractivity contribution in [3.63, 3.8) is 0 Å². The molecule has 96 valence electrons. The molecule has 0 saturated heterocycles. The summed E-state index contributed by atoms with van der Waals surface area (Å²) in [7, 11) is 0. The Kier molecular flexibility index (Phi) is 3.64. The Labute approximate surface area is 109 Å². The zero-order chi connectivity index (χ0) is 13.8. The first-order chi connectivity index (χ1) is 9.13. The van der Waals surface area contributed by atoms with E-state index in [1.165, 1.54) is 6.20 Å². The number of aromatic carboxylic acids is 1. The number of benzene rings is 1. The van der Waals surface area contributed by atoms with Crippen LogP contribution in [0.3, 0.4) is 0 Å². The minimum atomic E-state index is -1.25. The first-order valence-corrected chi connectivity index (χ1v) is 5.71. The smallest absolute Gasteiger partial charge is 0.341 e. The van der Waals surface area contributed by atoms with Gasteiger partial charge in [0, 0.05) is 35.6 Å². The lowest BCUT2D eigenvalue weighted by Crippen LogP contribution is -2.15. The number of rotatable bonds is 2. The van der Waals surface area contributed by atoms with Gasteiger partial charge in [0.25, 0.3) is 0 Å². The van der Waals surface area contributed by atoms with Crippen molar-refractivity contribution >= 4 is 16.9 Å².